The zero-order valence-corrected chi connectivity index (χ0v) is 15.2. The number of piperidine rings is 1. The van der Waals surface area contributed by atoms with Gasteiger partial charge in [0.1, 0.15) is 5.75 Å². The number of ether oxygens (including phenoxy) is 2. The molecule has 4 rings (SSSR count). The van der Waals surface area contributed by atoms with Crippen molar-refractivity contribution in [1.82, 2.24) is 15.1 Å². The lowest BCUT2D eigenvalue weighted by atomic mass is 9.98. The Bertz CT molecular complexity index is 769. The first-order valence-electron chi connectivity index (χ1n) is 9.33. The number of benzene rings is 1. The maximum atomic E-state index is 12.9. The summed E-state index contributed by atoms with van der Waals surface area (Å²) in [4.78, 5) is 14.9. The van der Waals surface area contributed by atoms with Crippen molar-refractivity contribution in [1.29, 1.82) is 0 Å². The summed E-state index contributed by atoms with van der Waals surface area (Å²) in [7, 11) is 0. The van der Waals surface area contributed by atoms with Crippen LogP contribution in [-0.2, 0) is 17.8 Å². The summed E-state index contributed by atoms with van der Waals surface area (Å²) in [6, 6.07) is 8.10. The van der Waals surface area contributed by atoms with Crippen LogP contribution in [0.2, 0.25) is 0 Å². The molecule has 0 radical (unpaired) electrons. The van der Waals surface area contributed by atoms with Gasteiger partial charge < -0.3 is 14.4 Å². The van der Waals surface area contributed by atoms with Crippen LogP contribution in [0.5, 0.6) is 5.75 Å². The van der Waals surface area contributed by atoms with Crippen LogP contribution in [0, 0.1) is 12.8 Å². The van der Waals surface area contributed by atoms with Gasteiger partial charge in [-0.05, 0) is 31.9 Å². The molecular weight excluding hydrogens is 330 g/mol. The van der Waals surface area contributed by atoms with E-state index in [1.807, 2.05) is 17.0 Å². The predicted octanol–water partition coefficient (Wildman–Crippen LogP) is 2.72. The minimum absolute atomic E-state index is 0.00744. The molecule has 3 heterocycles. The Labute approximate surface area is 153 Å². The molecule has 26 heavy (non-hydrogen) atoms. The molecule has 6 heteroatoms. The van der Waals surface area contributed by atoms with Crippen LogP contribution < -0.4 is 4.74 Å². The van der Waals surface area contributed by atoms with E-state index < -0.39 is 0 Å². The largest absolute Gasteiger partial charge is 0.493 e. The number of likely N-dealkylation sites (tertiary alicyclic amines) is 1. The molecule has 2 aromatic rings. The molecule has 2 aliphatic rings. The minimum Gasteiger partial charge on any atom is -0.493 e. The number of carbonyl (C=O) groups is 1. The molecular formula is C20H25N3O3. The Morgan fingerprint density at radius 3 is 3.08 bits per heavy atom. The lowest BCUT2D eigenvalue weighted by molar-refractivity contribution is 0.0617. The maximum absolute atomic E-state index is 12.9. The fourth-order valence-corrected chi connectivity index (χ4v) is 3.67. The molecule has 2 aliphatic heterocycles. The summed E-state index contributed by atoms with van der Waals surface area (Å²) in [5.41, 5.74) is 3.72. The second-order valence-corrected chi connectivity index (χ2v) is 7.22. The molecule has 1 aromatic carbocycles. The van der Waals surface area contributed by atoms with E-state index in [4.69, 9.17) is 9.47 Å². The number of fused-ring (bicyclic) bond motifs is 1. The number of carbonyl (C=O) groups excluding carboxylic acids is 1. The van der Waals surface area contributed by atoms with Crippen LogP contribution in [-0.4, -0.2) is 47.3 Å². The monoisotopic (exact) mass is 355 g/mol. The van der Waals surface area contributed by atoms with E-state index in [1.165, 1.54) is 5.56 Å². The van der Waals surface area contributed by atoms with Crippen molar-refractivity contribution in [2.45, 2.75) is 32.8 Å². The minimum atomic E-state index is 0.00744. The zero-order valence-electron chi connectivity index (χ0n) is 15.2. The highest BCUT2D eigenvalue weighted by atomic mass is 16.5. The van der Waals surface area contributed by atoms with Gasteiger partial charge in [0, 0.05) is 36.7 Å². The van der Waals surface area contributed by atoms with Crippen molar-refractivity contribution in [2.75, 3.05) is 26.3 Å². The van der Waals surface area contributed by atoms with Crippen LogP contribution in [0.1, 0.15) is 40.2 Å². The zero-order chi connectivity index (χ0) is 17.9. The highest BCUT2D eigenvalue weighted by Crippen LogP contribution is 2.23. The van der Waals surface area contributed by atoms with Gasteiger partial charge in [0.25, 0.3) is 5.91 Å². The summed E-state index contributed by atoms with van der Waals surface area (Å²) in [5.74, 6) is 1.24. The smallest absolute Gasteiger partial charge is 0.274 e. The molecule has 1 amide bonds. The molecule has 1 saturated heterocycles. The Balaban J connectivity index is 1.38. The average molecular weight is 355 g/mol. The number of hydrogen-bond donors (Lipinski definition) is 1. The van der Waals surface area contributed by atoms with Gasteiger partial charge in [-0.15, -0.1) is 0 Å². The van der Waals surface area contributed by atoms with Gasteiger partial charge >= 0.3 is 0 Å². The normalized spacial score (nSPS) is 19.9. The SMILES string of the molecule is Cc1ccc(OC[C@H]2CCCN(C(=O)c3n[nH]c4c3COCC4)C2)cc1. The van der Waals surface area contributed by atoms with Crippen LogP contribution in [0.4, 0.5) is 0 Å². The molecule has 0 bridgehead atoms. The number of rotatable bonds is 4. The van der Waals surface area contributed by atoms with Gasteiger partial charge in [-0.1, -0.05) is 17.7 Å². The number of aromatic nitrogens is 2. The van der Waals surface area contributed by atoms with Gasteiger partial charge in [0.15, 0.2) is 5.69 Å². The molecule has 0 unspecified atom stereocenters. The third kappa shape index (κ3) is 3.60. The van der Waals surface area contributed by atoms with E-state index in [0.717, 1.165) is 42.8 Å². The number of nitrogens with zero attached hydrogens (tertiary/aromatic N) is 2. The summed E-state index contributed by atoms with van der Waals surface area (Å²) in [5, 5.41) is 7.28. The standard InChI is InChI=1S/C20H25N3O3/c1-14-4-6-16(7-5-14)26-12-15-3-2-9-23(11-15)20(24)19-17-13-25-10-8-18(17)21-22-19/h4-7,15H,2-3,8-13H2,1H3,(H,21,22)/t15-/m0/s1. The highest BCUT2D eigenvalue weighted by molar-refractivity contribution is 5.94. The number of aryl methyl sites for hydroxylation is 1. The van der Waals surface area contributed by atoms with E-state index in [1.54, 1.807) is 0 Å². The topological polar surface area (TPSA) is 67.5 Å². The first-order valence-corrected chi connectivity index (χ1v) is 9.33. The highest BCUT2D eigenvalue weighted by Gasteiger charge is 2.29. The van der Waals surface area contributed by atoms with Crippen molar-refractivity contribution in [3.05, 3.63) is 46.8 Å². The number of aromatic amines is 1. The fourth-order valence-electron chi connectivity index (χ4n) is 3.67. The van der Waals surface area contributed by atoms with Crippen molar-refractivity contribution in [3.63, 3.8) is 0 Å². The van der Waals surface area contributed by atoms with Gasteiger partial charge in [-0.2, -0.15) is 5.10 Å². The van der Waals surface area contributed by atoms with E-state index >= 15 is 0 Å². The van der Waals surface area contributed by atoms with Gasteiger partial charge in [-0.25, -0.2) is 0 Å². The molecule has 0 aliphatic carbocycles. The Hall–Kier alpha value is -2.34. The molecule has 6 nitrogen and oxygen atoms in total. The van der Waals surface area contributed by atoms with Crippen molar-refractivity contribution in [3.8, 4) is 5.75 Å². The fraction of sp³-hybridized carbons (Fsp3) is 0.500. The van der Waals surface area contributed by atoms with E-state index in [9.17, 15) is 4.79 Å². The molecule has 1 atom stereocenters. The number of nitrogens with one attached hydrogen (secondary N) is 1. The predicted molar refractivity (Wildman–Crippen MR) is 97.2 cm³/mol. The van der Waals surface area contributed by atoms with Crippen molar-refractivity contribution < 1.29 is 14.3 Å². The molecule has 138 valence electrons. The second kappa shape index (κ2) is 7.50. The van der Waals surface area contributed by atoms with Crippen LogP contribution >= 0.6 is 0 Å². The quantitative estimate of drug-likeness (QED) is 0.916. The van der Waals surface area contributed by atoms with Crippen molar-refractivity contribution >= 4 is 5.91 Å². The van der Waals surface area contributed by atoms with Gasteiger partial charge in [0.05, 0.1) is 19.8 Å². The Morgan fingerprint density at radius 2 is 2.23 bits per heavy atom. The summed E-state index contributed by atoms with van der Waals surface area (Å²) in [6.45, 7) is 5.35. The summed E-state index contributed by atoms with van der Waals surface area (Å²) in [6.07, 6.45) is 2.87. The Morgan fingerprint density at radius 1 is 1.38 bits per heavy atom. The molecule has 1 fully saturated rings. The van der Waals surface area contributed by atoms with Crippen molar-refractivity contribution in [2.24, 2.45) is 5.92 Å². The molecule has 0 spiro atoms. The van der Waals surface area contributed by atoms with Crippen LogP contribution in [0.25, 0.3) is 0 Å². The number of hydrogen-bond acceptors (Lipinski definition) is 4. The first-order chi connectivity index (χ1) is 12.7. The van der Waals surface area contributed by atoms with E-state index in [2.05, 4.69) is 29.3 Å². The molecule has 1 N–H and O–H groups in total. The maximum Gasteiger partial charge on any atom is 0.274 e. The summed E-state index contributed by atoms with van der Waals surface area (Å²) < 4.78 is 11.4. The second-order valence-electron chi connectivity index (χ2n) is 7.22. The molecule has 1 aromatic heterocycles. The first kappa shape index (κ1) is 17.1. The third-order valence-electron chi connectivity index (χ3n) is 5.21. The van der Waals surface area contributed by atoms with Crippen LogP contribution in [0.15, 0.2) is 24.3 Å². The lowest BCUT2D eigenvalue weighted by Gasteiger charge is -2.32. The number of H-pyrrole nitrogens is 1. The van der Waals surface area contributed by atoms with E-state index in [-0.39, 0.29) is 5.91 Å². The molecule has 0 saturated carbocycles. The Kier molecular flexibility index (Phi) is 4.93. The number of amides is 1. The summed E-state index contributed by atoms with van der Waals surface area (Å²) >= 11 is 0. The average Bonchev–Trinajstić information content (AvgIpc) is 3.11. The van der Waals surface area contributed by atoms with Crippen LogP contribution in [0.3, 0.4) is 0 Å². The van der Waals surface area contributed by atoms with Gasteiger partial charge in [-0.3, -0.25) is 9.89 Å². The third-order valence-corrected chi connectivity index (χ3v) is 5.21. The van der Waals surface area contributed by atoms with Gasteiger partial charge in [0.2, 0.25) is 0 Å². The lowest BCUT2D eigenvalue weighted by Crippen LogP contribution is -2.42. The van der Waals surface area contributed by atoms with E-state index in [0.29, 0.717) is 38.0 Å².